The van der Waals surface area contributed by atoms with Crippen molar-refractivity contribution in [3.8, 4) is 0 Å². The van der Waals surface area contributed by atoms with Gasteiger partial charge in [-0.3, -0.25) is 4.79 Å². The quantitative estimate of drug-likeness (QED) is 0.735. The predicted octanol–water partition coefficient (Wildman–Crippen LogP) is 3.71. The zero-order valence-corrected chi connectivity index (χ0v) is 17.9. The Labute approximate surface area is 169 Å². The van der Waals surface area contributed by atoms with Gasteiger partial charge < -0.3 is 5.32 Å². The number of nitrogens with zero attached hydrogens (tertiary/aromatic N) is 1. The van der Waals surface area contributed by atoms with Gasteiger partial charge in [0.1, 0.15) is 0 Å². The van der Waals surface area contributed by atoms with Gasteiger partial charge >= 0.3 is 0 Å². The SMILES string of the molecule is Cc1ccc(C)c(S(=O)(=O)N2CCC[C@@H](C(=O)NCCC3=CCCCC3)C2)c1. The summed E-state index contributed by atoms with van der Waals surface area (Å²) < 4.78 is 27.8. The molecule has 6 heteroatoms. The number of benzene rings is 1. The normalized spacial score (nSPS) is 21.2. The van der Waals surface area contributed by atoms with Gasteiger partial charge in [-0.2, -0.15) is 4.31 Å². The molecule has 1 heterocycles. The van der Waals surface area contributed by atoms with Crippen LogP contribution in [0.1, 0.15) is 56.1 Å². The van der Waals surface area contributed by atoms with Crippen LogP contribution in [0.2, 0.25) is 0 Å². The second kappa shape index (κ2) is 9.23. The lowest BCUT2D eigenvalue weighted by molar-refractivity contribution is -0.126. The van der Waals surface area contributed by atoms with Crippen molar-refractivity contribution < 1.29 is 13.2 Å². The van der Waals surface area contributed by atoms with E-state index in [0.29, 0.717) is 24.4 Å². The molecule has 1 fully saturated rings. The molecule has 1 atom stereocenters. The van der Waals surface area contributed by atoms with Crippen LogP contribution in [0, 0.1) is 19.8 Å². The largest absolute Gasteiger partial charge is 0.356 e. The van der Waals surface area contributed by atoms with Crippen molar-refractivity contribution in [2.24, 2.45) is 5.92 Å². The van der Waals surface area contributed by atoms with Crippen LogP contribution < -0.4 is 5.32 Å². The second-order valence-corrected chi connectivity index (χ2v) is 10.0. The molecule has 1 aromatic carbocycles. The van der Waals surface area contributed by atoms with Crippen LogP contribution >= 0.6 is 0 Å². The molecule has 28 heavy (non-hydrogen) atoms. The van der Waals surface area contributed by atoms with Gasteiger partial charge in [-0.05, 0) is 76.0 Å². The van der Waals surface area contributed by atoms with Gasteiger partial charge in [0, 0.05) is 19.6 Å². The average Bonchev–Trinajstić information content (AvgIpc) is 2.70. The number of hydrogen-bond acceptors (Lipinski definition) is 3. The van der Waals surface area contributed by atoms with Gasteiger partial charge in [0.05, 0.1) is 10.8 Å². The molecule has 0 saturated carbocycles. The first kappa shape index (κ1) is 21.1. The molecule has 2 aliphatic rings. The van der Waals surface area contributed by atoms with E-state index in [0.717, 1.165) is 36.8 Å². The number of piperidine rings is 1. The van der Waals surface area contributed by atoms with Crippen molar-refractivity contribution in [3.05, 3.63) is 41.0 Å². The predicted molar refractivity (Wildman–Crippen MR) is 112 cm³/mol. The number of rotatable bonds is 6. The zero-order valence-electron chi connectivity index (χ0n) is 17.0. The fourth-order valence-corrected chi connectivity index (χ4v) is 5.95. The molecule has 1 N–H and O–H groups in total. The van der Waals surface area contributed by atoms with Crippen LogP contribution in [-0.2, 0) is 14.8 Å². The van der Waals surface area contributed by atoms with Crippen molar-refractivity contribution in [1.29, 1.82) is 0 Å². The van der Waals surface area contributed by atoms with E-state index in [1.165, 1.54) is 22.7 Å². The monoisotopic (exact) mass is 404 g/mol. The summed E-state index contributed by atoms with van der Waals surface area (Å²) in [6, 6.07) is 5.49. The van der Waals surface area contributed by atoms with Crippen molar-refractivity contribution in [1.82, 2.24) is 9.62 Å². The highest BCUT2D eigenvalue weighted by molar-refractivity contribution is 7.89. The molecule has 1 amide bonds. The molecule has 0 unspecified atom stereocenters. The van der Waals surface area contributed by atoms with E-state index < -0.39 is 10.0 Å². The van der Waals surface area contributed by atoms with Gasteiger partial charge in [0.2, 0.25) is 15.9 Å². The standard InChI is InChI=1S/C22H32N2O3S/c1-17-10-11-18(2)21(15-17)28(26,27)24-14-6-9-20(16-24)22(25)23-13-12-19-7-4-3-5-8-19/h7,10-11,15,20H,3-6,8-9,12-14,16H2,1-2H3,(H,23,25)/t20-/m1/s1. The lowest BCUT2D eigenvalue weighted by Crippen LogP contribution is -2.45. The summed E-state index contributed by atoms with van der Waals surface area (Å²) in [4.78, 5) is 13.0. The summed E-state index contributed by atoms with van der Waals surface area (Å²) in [6.45, 7) is 5.11. The summed E-state index contributed by atoms with van der Waals surface area (Å²) in [5, 5.41) is 3.03. The Hall–Kier alpha value is -1.66. The molecule has 3 rings (SSSR count). The Morgan fingerprint density at radius 2 is 2.04 bits per heavy atom. The first-order valence-corrected chi connectivity index (χ1v) is 11.8. The smallest absolute Gasteiger partial charge is 0.243 e. The van der Waals surface area contributed by atoms with Crippen LogP contribution in [0.15, 0.2) is 34.7 Å². The summed E-state index contributed by atoms with van der Waals surface area (Å²) in [5.74, 6) is -0.286. The van der Waals surface area contributed by atoms with E-state index in [2.05, 4.69) is 11.4 Å². The van der Waals surface area contributed by atoms with Gasteiger partial charge in [-0.1, -0.05) is 23.8 Å². The van der Waals surface area contributed by atoms with Crippen LogP contribution in [0.4, 0.5) is 0 Å². The summed E-state index contributed by atoms with van der Waals surface area (Å²) in [6.07, 6.45) is 9.47. The summed E-state index contributed by atoms with van der Waals surface area (Å²) >= 11 is 0. The fourth-order valence-electron chi connectivity index (χ4n) is 4.12. The highest BCUT2D eigenvalue weighted by Gasteiger charge is 2.33. The topological polar surface area (TPSA) is 66.5 Å². The maximum Gasteiger partial charge on any atom is 0.243 e. The molecule has 1 saturated heterocycles. The van der Waals surface area contributed by atoms with E-state index in [9.17, 15) is 13.2 Å². The van der Waals surface area contributed by atoms with E-state index >= 15 is 0 Å². The maximum atomic E-state index is 13.1. The molecule has 0 aromatic heterocycles. The number of carbonyl (C=O) groups is 1. The lowest BCUT2D eigenvalue weighted by Gasteiger charge is -2.31. The molecule has 5 nitrogen and oxygen atoms in total. The first-order chi connectivity index (χ1) is 13.4. The van der Waals surface area contributed by atoms with E-state index in [-0.39, 0.29) is 18.4 Å². The minimum absolute atomic E-state index is 0.0164. The third-order valence-corrected chi connectivity index (χ3v) is 7.85. The molecule has 1 aliphatic carbocycles. The van der Waals surface area contributed by atoms with Crippen LogP contribution in [0.3, 0.4) is 0 Å². The van der Waals surface area contributed by atoms with Gasteiger partial charge in [0.25, 0.3) is 0 Å². The van der Waals surface area contributed by atoms with Crippen molar-refractivity contribution in [2.45, 2.75) is 63.7 Å². The maximum absolute atomic E-state index is 13.1. The number of nitrogens with one attached hydrogen (secondary N) is 1. The van der Waals surface area contributed by atoms with Gasteiger partial charge in [-0.25, -0.2) is 8.42 Å². The Balaban J connectivity index is 1.60. The Bertz CT molecular complexity index is 845. The van der Waals surface area contributed by atoms with Crippen molar-refractivity contribution in [3.63, 3.8) is 0 Å². The third kappa shape index (κ3) is 5.03. The van der Waals surface area contributed by atoms with E-state index in [1.54, 1.807) is 6.07 Å². The molecule has 0 bridgehead atoms. The summed E-state index contributed by atoms with van der Waals surface area (Å²) in [5.41, 5.74) is 3.11. The third-order valence-electron chi connectivity index (χ3n) is 5.85. The Morgan fingerprint density at radius 1 is 1.21 bits per heavy atom. The average molecular weight is 405 g/mol. The van der Waals surface area contributed by atoms with Crippen LogP contribution in [-0.4, -0.2) is 38.3 Å². The molecular formula is C22H32N2O3S. The molecular weight excluding hydrogens is 372 g/mol. The number of amides is 1. The molecule has 1 aliphatic heterocycles. The lowest BCUT2D eigenvalue weighted by atomic mass is 9.96. The number of sulfonamides is 1. The van der Waals surface area contributed by atoms with E-state index in [4.69, 9.17) is 0 Å². The molecule has 0 spiro atoms. The van der Waals surface area contributed by atoms with Gasteiger partial charge in [-0.15, -0.1) is 0 Å². The van der Waals surface area contributed by atoms with Crippen molar-refractivity contribution in [2.75, 3.05) is 19.6 Å². The van der Waals surface area contributed by atoms with Gasteiger partial charge in [0.15, 0.2) is 0 Å². The number of hydrogen-bond donors (Lipinski definition) is 1. The molecule has 154 valence electrons. The van der Waals surface area contributed by atoms with Crippen molar-refractivity contribution >= 4 is 15.9 Å². The van der Waals surface area contributed by atoms with Crippen LogP contribution in [0.25, 0.3) is 0 Å². The van der Waals surface area contributed by atoms with Crippen LogP contribution in [0.5, 0.6) is 0 Å². The highest BCUT2D eigenvalue weighted by atomic mass is 32.2. The zero-order chi connectivity index (χ0) is 20.1. The van der Waals surface area contributed by atoms with E-state index in [1.807, 2.05) is 26.0 Å². The first-order valence-electron chi connectivity index (χ1n) is 10.4. The fraction of sp³-hybridized carbons (Fsp3) is 0.591. The second-order valence-electron chi connectivity index (χ2n) is 8.12. The minimum Gasteiger partial charge on any atom is -0.356 e. The number of allylic oxidation sites excluding steroid dienone is 1. The molecule has 1 aromatic rings. The highest BCUT2D eigenvalue weighted by Crippen LogP contribution is 2.26. The minimum atomic E-state index is -3.58. The number of aryl methyl sites for hydroxylation is 2. The summed E-state index contributed by atoms with van der Waals surface area (Å²) in [7, 11) is -3.58. The number of carbonyl (C=O) groups excluding carboxylic acids is 1. The Kier molecular flexibility index (Phi) is 6.94. The Morgan fingerprint density at radius 3 is 2.79 bits per heavy atom. The molecule has 0 radical (unpaired) electrons.